The summed E-state index contributed by atoms with van der Waals surface area (Å²) < 4.78 is 12.0. The third kappa shape index (κ3) is 3.45. The van der Waals surface area contributed by atoms with Gasteiger partial charge in [-0.15, -0.1) is 11.3 Å². The number of fused-ring (bicyclic) bond motifs is 1. The molecule has 1 saturated heterocycles. The SMILES string of the molecule is COc1nccc(OC2CCCN(C(=O)c3nc4ccccc4s3)C2)n1. The van der Waals surface area contributed by atoms with Gasteiger partial charge in [0.15, 0.2) is 5.01 Å². The maximum absolute atomic E-state index is 12.8. The maximum atomic E-state index is 12.8. The van der Waals surface area contributed by atoms with E-state index >= 15 is 0 Å². The van der Waals surface area contributed by atoms with Crippen molar-refractivity contribution < 1.29 is 14.3 Å². The van der Waals surface area contributed by atoms with E-state index in [0.717, 1.165) is 23.1 Å². The Kier molecular flexibility index (Phi) is 4.66. The standard InChI is InChI=1S/C18H18N4O3S/c1-24-18-19-9-8-15(21-18)25-12-5-4-10-22(11-12)17(23)16-20-13-6-2-3-7-14(13)26-16/h2-3,6-9,12H,4-5,10-11H2,1H3. The van der Waals surface area contributed by atoms with Crippen LogP contribution in [0.25, 0.3) is 10.2 Å². The molecule has 4 rings (SSSR count). The fraction of sp³-hybridized carbons (Fsp3) is 0.333. The lowest BCUT2D eigenvalue weighted by Gasteiger charge is -2.32. The van der Waals surface area contributed by atoms with E-state index < -0.39 is 0 Å². The Morgan fingerprint density at radius 3 is 3.00 bits per heavy atom. The van der Waals surface area contributed by atoms with Crippen molar-refractivity contribution in [3.63, 3.8) is 0 Å². The first-order valence-corrected chi connectivity index (χ1v) is 9.23. The number of ether oxygens (including phenoxy) is 2. The minimum atomic E-state index is -0.110. The molecule has 1 aliphatic heterocycles. The van der Waals surface area contributed by atoms with Crippen molar-refractivity contribution in [2.75, 3.05) is 20.2 Å². The lowest BCUT2D eigenvalue weighted by Crippen LogP contribution is -2.44. The third-order valence-electron chi connectivity index (χ3n) is 4.22. The van der Waals surface area contributed by atoms with Crippen LogP contribution in [-0.2, 0) is 0 Å². The van der Waals surface area contributed by atoms with Crippen molar-refractivity contribution in [3.05, 3.63) is 41.5 Å². The number of carbonyl (C=O) groups is 1. The number of thiazole rings is 1. The van der Waals surface area contributed by atoms with Gasteiger partial charge in [-0.25, -0.2) is 9.97 Å². The number of hydrogen-bond acceptors (Lipinski definition) is 7. The zero-order chi connectivity index (χ0) is 17.9. The lowest BCUT2D eigenvalue weighted by molar-refractivity contribution is 0.0525. The van der Waals surface area contributed by atoms with Crippen LogP contribution in [0.3, 0.4) is 0 Å². The molecular weight excluding hydrogens is 352 g/mol. The molecule has 1 fully saturated rings. The van der Waals surface area contributed by atoms with Crippen LogP contribution in [-0.4, -0.2) is 52.1 Å². The van der Waals surface area contributed by atoms with Gasteiger partial charge in [-0.05, 0) is 25.0 Å². The molecule has 8 heteroatoms. The molecule has 3 heterocycles. The molecule has 2 aromatic heterocycles. The molecule has 1 aromatic carbocycles. The van der Waals surface area contributed by atoms with Crippen molar-refractivity contribution in [2.24, 2.45) is 0 Å². The van der Waals surface area contributed by atoms with Crippen LogP contribution in [0.15, 0.2) is 36.5 Å². The van der Waals surface area contributed by atoms with Crippen LogP contribution in [0, 0.1) is 0 Å². The first-order chi connectivity index (χ1) is 12.7. The van der Waals surface area contributed by atoms with Gasteiger partial charge in [0.1, 0.15) is 6.10 Å². The minimum absolute atomic E-state index is 0.0419. The summed E-state index contributed by atoms with van der Waals surface area (Å²) >= 11 is 1.43. The zero-order valence-corrected chi connectivity index (χ0v) is 15.1. The molecule has 1 unspecified atom stereocenters. The molecule has 134 valence electrons. The summed E-state index contributed by atoms with van der Waals surface area (Å²) in [5.41, 5.74) is 0.860. The van der Waals surface area contributed by atoms with Gasteiger partial charge in [0, 0.05) is 18.8 Å². The van der Waals surface area contributed by atoms with Gasteiger partial charge in [-0.1, -0.05) is 12.1 Å². The normalized spacial score (nSPS) is 17.3. The Morgan fingerprint density at radius 1 is 1.27 bits per heavy atom. The second-order valence-corrected chi connectivity index (χ2v) is 7.03. The predicted octanol–water partition coefficient (Wildman–Crippen LogP) is 2.78. The summed E-state index contributed by atoms with van der Waals surface area (Å²) in [5, 5.41) is 0.524. The molecule has 0 radical (unpaired) electrons. The fourth-order valence-electron chi connectivity index (χ4n) is 2.98. The number of amides is 1. The summed E-state index contributed by atoms with van der Waals surface area (Å²) in [4.78, 5) is 27.3. The van der Waals surface area contributed by atoms with E-state index in [1.165, 1.54) is 18.4 Å². The van der Waals surface area contributed by atoms with Gasteiger partial charge in [-0.3, -0.25) is 4.79 Å². The quantitative estimate of drug-likeness (QED) is 0.703. The number of likely N-dealkylation sites (tertiary alicyclic amines) is 1. The third-order valence-corrected chi connectivity index (χ3v) is 5.24. The smallest absolute Gasteiger partial charge is 0.319 e. The number of rotatable bonds is 4. The molecular formula is C18H18N4O3S. The van der Waals surface area contributed by atoms with Gasteiger partial charge in [0.25, 0.3) is 5.91 Å². The Bertz CT molecular complexity index is 896. The van der Waals surface area contributed by atoms with E-state index in [9.17, 15) is 4.79 Å². The average molecular weight is 370 g/mol. The highest BCUT2D eigenvalue weighted by Crippen LogP contribution is 2.25. The van der Waals surface area contributed by atoms with Crippen LogP contribution in [0.4, 0.5) is 0 Å². The van der Waals surface area contributed by atoms with E-state index in [1.807, 2.05) is 29.2 Å². The Hall–Kier alpha value is -2.74. The van der Waals surface area contributed by atoms with Crippen molar-refractivity contribution in [3.8, 4) is 11.9 Å². The van der Waals surface area contributed by atoms with Gasteiger partial charge in [0.05, 0.1) is 23.9 Å². The van der Waals surface area contributed by atoms with Crippen LogP contribution >= 0.6 is 11.3 Å². The number of para-hydroxylation sites is 1. The minimum Gasteiger partial charge on any atom is -0.472 e. The maximum Gasteiger partial charge on any atom is 0.319 e. The molecule has 1 aliphatic rings. The van der Waals surface area contributed by atoms with Gasteiger partial charge in [0.2, 0.25) is 5.88 Å². The Morgan fingerprint density at radius 2 is 2.15 bits per heavy atom. The molecule has 0 N–H and O–H groups in total. The van der Waals surface area contributed by atoms with E-state index in [1.54, 1.807) is 12.3 Å². The highest BCUT2D eigenvalue weighted by molar-refractivity contribution is 7.20. The first kappa shape index (κ1) is 16.7. The number of carbonyl (C=O) groups excluding carboxylic acids is 1. The highest BCUT2D eigenvalue weighted by atomic mass is 32.1. The number of nitrogens with zero attached hydrogens (tertiary/aromatic N) is 4. The van der Waals surface area contributed by atoms with Gasteiger partial charge < -0.3 is 14.4 Å². The molecule has 26 heavy (non-hydrogen) atoms. The Labute approximate surface area is 154 Å². The topological polar surface area (TPSA) is 77.4 Å². The molecule has 0 spiro atoms. The first-order valence-electron chi connectivity index (χ1n) is 8.41. The summed E-state index contributed by atoms with van der Waals surface area (Å²) in [7, 11) is 1.51. The van der Waals surface area contributed by atoms with Crippen molar-refractivity contribution >= 4 is 27.5 Å². The van der Waals surface area contributed by atoms with Crippen molar-refractivity contribution in [1.82, 2.24) is 19.9 Å². The summed E-state index contributed by atoms with van der Waals surface area (Å²) in [6.45, 7) is 1.22. The predicted molar refractivity (Wildman–Crippen MR) is 97.8 cm³/mol. The van der Waals surface area contributed by atoms with Crippen molar-refractivity contribution in [2.45, 2.75) is 18.9 Å². The molecule has 0 aliphatic carbocycles. The van der Waals surface area contributed by atoms with Crippen LogP contribution in [0.2, 0.25) is 0 Å². The van der Waals surface area contributed by atoms with Crippen LogP contribution in [0.1, 0.15) is 22.6 Å². The fourth-order valence-corrected chi connectivity index (χ4v) is 3.91. The molecule has 0 saturated carbocycles. The van der Waals surface area contributed by atoms with Crippen molar-refractivity contribution in [1.29, 1.82) is 0 Å². The molecule has 0 bridgehead atoms. The molecule has 3 aromatic rings. The monoisotopic (exact) mass is 370 g/mol. The number of hydrogen-bond donors (Lipinski definition) is 0. The second-order valence-electron chi connectivity index (χ2n) is 6.00. The average Bonchev–Trinajstić information content (AvgIpc) is 3.12. The van der Waals surface area contributed by atoms with E-state index in [4.69, 9.17) is 9.47 Å². The van der Waals surface area contributed by atoms with Gasteiger partial charge in [-0.2, -0.15) is 4.98 Å². The summed E-state index contributed by atoms with van der Waals surface area (Å²) in [6, 6.07) is 9.74. The number of benzene rings is 1. The van der Waals surface area contributed by atoms with Gasteiger partial charge >= 0.3 is 6.01 Å². The molecule has 1 atom stereocenters. The number of aromatic nitrogens is 3. The number of methoxy groups -OCH3 is 1. The van der Waals surface area contributed by atoms with E-state index in [0.29, 0.717) is 24.0 Å². The Balaban J connectivity index is 1.46. The second kappa shape index (κ2) is 7.25. The molecule has 1 amide bonds. The van der Waals surface area contributed by atoms with Crippen LogP contribution < -0.4 is 9.47 Å². The largest absolute Gasteiger partial charge is 0.472 e. The zero-order valence-electron chi connectivity index (χ0n) is 14.3. The van der Waals surface area contributed by atoms with E-state index in [2.05, 4.69) is 15.0 Å². The lowest BCUT2D eigenvalue weighted by atomic mass is 10.1. The summed E-state index contributed by atoms with van der Waals surface area (Å²) in [6.07, 6.45) is 3.23. The van der Waals surface area contributed by atoms with Crippen LogP contribution in [0.5, 0.6) is 11.9 Å². The number of piperidine rings is 1. The molecule has 7 nitrogen and oxygen atoms in total. The van der Waals surface area contributed by atoms with E-state index in [-0.39, 0.29) is 18.0 Å². The highest BCUT2D eigenvalue weighted by Gasteiger charge is 2.27. The summed E-state index contributed by atoms with van der Waals surface area (Å²) in [5.74, 6) is 0.413.